The molecule has 3 saturated heterocycles. The molecule has 0 spiro atoms. The monoisotopic (exact) mass is 480 g/mol. The maximum atomic E-state index is 12.4. The highest BCUT2D eigenvalue weighted by Crippen LogP contribution is 2.35. The summed E-state index contributed by atoms with van der Waals surface area (Å²) in [6.07, 6.45) is -2.66. The summed E-state index contributed by atoms with van der Waals surface area (Å²) in [5.41, 5.74) is 0. The first kappa shape index (κ1) is 24.9. The Bertz CT molecular complexity index is 862. The second-order valence-electron chi connectivity index (χ2n) is 8.06. The number of rotatable bonds is 5. The molecule has 3 heterocycles. The minimum absolute atomic E-state index is 0.244. The van der Waals surface area contributed by atoms with Crippen LogP contribution in [0, 0.1) is 11.8 Å². The van der Waals surface area contributed by atoms with Crippen molar-refractivity contribution in [1.29, 1.82) is 0 Å². The van der Waals surface area contributed by atoms with Crippen molar-refractivity contribution in [3.8, 4) is 0 Å². The van der Waals surface area contributed by atoms with Gasteiger partial charge in [-0.3, -0.25) is 4.90 Å². The number of alkyl halides is 3. The molecule has 180 valence electrons. The first-order valence-electron chi connectivity index (χ1n) is 10.4. The van der Waals surface area contributed by atoms with E-state index in [1.54, 1.807) is 24.3 Å². The number of halogens is 3. The fourth-order valence-corrected chi connectivity index (χ4v) is 5.40. The summed E-state index contributed by atoms with van der Waals surface area (Å²) >= 11 is 0. The molecule has 3 aliphatic rings. The van der Waals surface area contributed by atoms with Gasteiger partial charge in [0.15, 0.2) is 0 Å². The average molecular weight is 481 g/mol. The van der Waals surface area contributed by atoms with Gasteiger partial charge in [0.2, 0.25) is 10.0 Å². The number of carboxylic acid groups (broad SMARTS) is 1. The van der Waals surface area contributed by atoms with Crippen LogP contribution < -0.4 is 4.72 Å². The predicted octanol–water partition coefficient (Wildman–Crippen LogP) is 1.72. The number of fused-ring (bicyclic) bond motifs is 1. The molecule has 3 atom stereocenters. The molecular formula is C20H27F3N2O6S. The van der Waals surface area contributed by atoms with Crippen molar-refractivity contribution < 1.29 is 41.0 Å². The predicted molar refractivity (Wildman–Crippen MR) is 107 cm³/mol. The van der Waals surface area contributed by atoms with E-state index >= 15 is 0 Å². The third kappa shape index (κ3) is 6.41. The molecule has 0 bridgehead atoms. The number of benzene rings is 1. The smallest absolute Gasteiger partial charge is 0.475 e. The van der Waals surface area contributed by atoms with Crippen molar-refractivity contribution in [3.05, 3.63) is 30.3 Å². The number of hydrogen-bond donors (Lipinski definition) is 2. The van der Waals surface area contributed by atoms with Gasteiger partial charge in [0.1, 0.15) is 0 Å². The molecule has 1 aromatic rings. The Labute approximate surface area is 184 Å². The van der Waals surface area contributed by atoms with Gasteiger partial charge in [-0.2, -0.15) is 13.2 Å². The maximum Gasteiger partial charge on any atom is 0.490 e. The van der Waals surface area contributed by atoms with Gasteiger partial charge in [0.05, 0.1) is 17.6 Å². The SMILES string of the molecule is O=C(O)C(F)(F)F.O=S(=O)(NC[C@@H]1CO[C@@H]2CN(C3CCOCC3)C[C@H]12)c1ccccc1. The Balaban J connectivity index is 0.000000360. The molecule has 0 unspecified atom stereocenters. The number of sulfonamides is 1. The Kier molecular flexibility index (Phi) is 8.15. The molecule has 4 rings (SSSR count). The summed E-state index contributed by atoms with van der Waals surface area (Å²) in [6.45, 7) is 4.76. The van der Waals surface area contributed by atoms with Crippen LogP contribution in [0.1, 0.15) is 12.8 Å². The van der Waals surface area contributed by atoms with Gasteiger partial charge < -0.3 is 14.6 Å². The van der Waals surface area contributed by atoms with Gasteiger partial charge in [0, 0.05) is 50.7 Å². The second-order valence-corrected chi connectivity index (χ2v) is 9.83. The van der Waals surface area contributed by atoms with Gasteiger partial charge in [-0.15, -0.1) is 0 Å². The fourth-order valence-electron chi connectivity index (χ4n) is 4.29. The van der Waals surface area contributed by atoms with Crippen LogP contribution in [0.25, 0.3) is 0 Å². The number of carboxylic acids is 1. The molecule has 32 heavy (non-hydrogen) atoms. The zero-order valence-electron chi connectivity index (χ0n) is 17.3. The lowest BCUT2D eigenvalue weighted by molar-refractivity contribution is -0.192. The summed E-state index contributed by atoms with van der Waals surface area (Å²) in [7, 11) is -3.45. The molecule has 8 nitrogen and oxygen atoms in total. The summed E-state index contributed by atoms with van der Waals surface area (Å²) in [6, 6.07) is 9.14. The van der Waals surface area contributed by atoms with Crippen molar-refractivity contribution in [3.63, 3.8) is 0 Å². The van der Waals surface area contributed by atoms with Crippen molar-refractivity contribution in [1.82, 2.24) is 9.62 Å². The fraction of sp³-hybridized carbons (Fsp3) is 0.650. The van der Waals surface area contributed by atoms with Crippen LogP contribution in [0.15, 0.2) is 35.2 Å². The van der Waals surface area contributed by atoms with E-state index in [0.29, 0.717) is 30.0 Å². The molecule has 0 radical (unpaired) electrons. The van der Waals surface area contributed by atoms with Crippen LogP contribution in [0.2, 0.25) is 0 Å². The molecular weight excluding hydrogens is 453 g/mol. The van der Waals surface area contributed by atoms with E-state index in [4.69, 9.17) is 19.4 Å². The normalized spacial score (nSPS) is 26.9. The van der Waals surface area contributed by atoms with E-state index in [9.17, 15) is 21.6 Å². The number of hydrogen-bond acceptors (Lipinski definition) is 6. The molecule has 0 aliphatic carbocycles. The Morgan fingerprint density at radius 2 is 1.78 bits per heavy atom. The van der Waals surface area contributed by atoms with Gasteiger partial charge >= 0.3 is 12.1 Å². The lowest BCUT2D eigenvalue weighted by atomic mass is 9.93. The largest absolute Gasteiger partial charge is 0.490 e. The molecule has 0 aromatic heterocycles. The van der Waals surface area contributed by atoms with E-state index in [-0.39, 0.29) is 12.0 Å². The van der Waals surface area contributed by atoms with Crippen molar-refractivity contribution >= 4 is 16.0 Å². The lowest BCUT2D eigenvalue weighted by Gasteiger charge is -2.31. The van der Waals surface area contributed by atoms with Gasteiger partial charge in [-0.05, 0) is 25.0 Å². The topological polar surface area (TPSA) is 105 Å². The number of carbonyl (C=O) groups is 1. The van der Waals surface area contributed by atoms with Crippen molar-refractivity contribution in [2.24, 2.45) is 11.8 Å². The summed E-state index contributed by atoms with van der Waals surface area (Å²) < 4.78 is 70.8. The number of aliphatic carboxylic acids is 1. The minimum atomic E-state index is -5.08. The summed E-state index contributed by atoms with van der Waals surface area (Å²) in [5, 5.41) is 7.12. The Hall–Kier alpha value is -1.73. The number of likely N-dealkylation sites (tertiary alicyclic amines) is 1. The minimum Gasteiger partial charge on any atom is -0.475 e. The first-order chi connectivity index (χ1) is 15.1. The summed E-state index contributed by atoms with van der Waals surface area (Å²) in [5.74, 6) is -2.10. The second kappa shape index (κ2) is 10.5. The van der Waals surface area contributed by atoms with Gasteiger partial charge in [0.25, 0.3) is 0 Å². The maximum absolute atomic E-state index is 12.4. The number of nitrogens with zero attached hydrogens (tertiary/aromatic N) is 1. The van der Waals surface area contributed by atoms with E-state index in [2.05, 4.69) is 9.62 Å². The average Bonchev–Trinajstić information content (AvgIpc) is 3.35. The molecule has 3 aliphatic heterocycles. The Morgan fingerprint density at radius 1 is 1.16 bits per heavy atom. The van der Waals surface area contributed by atoms with E-state index in [0.717, 1.165) is 39.1 Å². The zero-order valence-corrected chi connectivity index (χ0v) is 18.1. The summed E-state index contributed by atoms with van der Waals surface area (Å²) in [4.78, 5) is 11.7. The standard InChI is InChI=1S/C18H26N2O4S.C2HF3O2/c21-25(22,16-4-2-1-3-5-16)19-10-14-13-24-18-12-20(11-17(14)18)15-6-8-23-9-7-15;3-2(4,5)1(6)7/h1-5,14-15,17-19H,6-13H2;(H,6,7)/t14-,17-,18-;/m1./s1. The van der Waals surface area contributed by atoms with Crippen molar-refractivity contribution in [2.75, 3.05) is 39.5 Å². The van der Waals surface area contributed by atoms with Crippen LogP contribution in [0.3, 0.4) is 0 Å². The van der Waals surface area contributed by atoms with Gasteiger partial charge in [-0.25, -0.2) is 17.9 Å². The Morgan fingerprint density at radius 3 is 2.38 bits per heavy atom. The van der Waals surface area contributed by atoms with E-state index in [1.807, 2.05) is 6.07 Å². The van der Waals surface area contributed by atoms with Crippen LogP contribution in [-0.2, 0) is 24.3 Å². The van der Waals surface area contributed by atoms with E-state index in [1.165, 1.54) is 0 Å². The highest BCUT2D eigenvalue weighted by atomic mass is 32.2. The lowest BCUT2D eigenvalue weighted by Crippen LogP contribution is -2.40. The van der Waals surface area contributed by atoms with Gasteiger partial charge in [-0.1, -0.05) is 18.2 Å². The van der Waals surface area contributed by atoms with Crippen LogP contribution in [-0.4, -0.2) is 82.2 Å². The van der Waals surface area contributed by atoms with Crippen LogP contribution in [0.4, 0.5) is 13.2 Å². The van der Waals surface area contributed by atoms with E-state index < -0.39 is 22.2 Å². The highest BCUT2D eigenvalue weighted by molar-refractivity contribution is 7.89. The molecule has 0 saturated carbocycles. The molecule has 0 amide bonds. The number of ether oxygens (including phenoxy) is 2. The third-order valence-corrected chi connectivity index (χ3v) is 7.45. The third-order valence-electron chi connectivity index (χ3n) is 6.01. The van der Waals surface area contributed by atoms with Crippen LogP contribution >= 0.6 is 0 Å². The van der Waals surface area contributed by atoms with Crippen molar-refractivity contribution in [2.45, 2.75) is 36.1 Å². The first-order valence-corrected chi connectivity index (χ1v) is 11.8. The zero-order chi connectivity index (χ0) is 23.4. The molecule has 1 aromatic carbocycles. The quantitative estimate of drug-likeness (QED) is 0.661. The molecule has 2 N–H and O–H groups in total. The number of nitrogens with one attached hydrogen (secondary N) is 1. The highest BCUT2D eigenvalue weighted by Gasteiger charge is 2.45. The molecule has 12 heteroatoms. The molecule has 3 fully saturated rings. The van der Waals surface area contributed by atoms with Crippen LogP contribution in [0.5, 0.6) is 0 Å².